The molecule has 0 bridgehead atoms. The van der Waals surface area contributed by atoms with E-state index >= 15 is 0 Å². The van der Waals surface area contributed by atoms with E-state index in [2.05, 4.69) is 5.32 Å². The summed E-state index contributed by atoms with van der Waals surface area (Å²) in [5.41, 5.74) is 2.20. The highest BCUT2D eigenvalue weighted by Crippen LogP contribution is 2.21. The van der Waals surface area contributed by atoms with Crippen molar-refractivity contribution in [1.29, 1.82) is 0 Å². The molecule has 0 saturated carbocycles. The van der Waals surface area contributed by atoms with Crippen LogP contribution in [0.1, 0.15) is 25.0 Å². The van der Waals surface area contributed by atoms with Gasteiger partial charge in [-0.05, 0) is 24.6 Å². The molecule has 0 amide bonds. The van der Waals surface area contributed by atoms with Crippen LogP contribution in [0.3, 0.4) is 0 Å². The molecule has 0 aromatic heterocycles. The Labute approximate surface area is 113 Å². The van der Waals surface area contributed by atoms with E-state index in [0.717, 1.165) is 11.3 Å². The molecule has 2 aromatic carbocycles. The lowest BCUT2D eigenvalue weighted by Gasteiger charge is -2.08. The van der Waals surface area contributed by atoms with E-state index in [1.54, 1.807) is 24.3 Å². The maximum absolute atomic E-state index is 13.3. The number of aryl methyl sites for hydroxylation is 1. The Morgan fingerprint density at radius 1 is 1.11 bits per heavy atom. The summed E-state index contributed by atoms with van der Waals surface area (Å²) in [4.78, 5) is 0. The molecule has 3 heteroatoms. The van der Waals surface area contributed by atoms with E-state index in [4.69, 9.17) is 0 Å². The van der Waals surface area contributed by atoms with Gasteiger partial charge in [0, 0.05) is 23.9 Å². The number of aromatic hydroxyl groups is 1. The Bertz CT molecular complexity index is 526. The number of hydrogen-bond donors (Lipinski definition) is 2. The average molecular weight is 261 g/mol. The van der Waals surface area contributed by atoms with Crippen molar-refractivity contribution in [2.24, 2.45) is 0 Å². The third-order valence-electron chi connectivity index (χ3n) is 2.65. The monoisotopic (exact) mass is 261 g/mol. The summed E-state index contributed by atoms with van der Waals surface area (Å²) in [6.45, 7) is 6.23. The minimum Gasteiger partial charge on any atom is -0.508 e. The second kappa shape index (κ2) is 7.41. The molecule has 102 valence electrons. The van der Waals surface area contributed by atoms with Crippen molar-refractivity contribution >= 4 is 5.69 Å². The van der Waals surface area contributed by atoms with Crippen LogP contribution < -0.4 is 5.32 Å². The second-order valence-corrected chi connectivity index (χ2v) is 3.95. The number of phenolic OH excluding ortho intramolecular Hbond substituents is 1. The van der Waals surface area contributed by atoms with Gasteiger partial charge in [0.2, 0.25) is 0 Å². The fraction of sp³-hybridized carbons (Fsp3) is 0.250. The van der Waals surface area contributed by atoms with Gasteiger partial charge in [-0.25, -0.2) is 4.39 Å². The lowest BCUT2D eigenvalue weighted by molar-refractivity contribution is 0.471. The average Bonchev–Trinajstić information content (AvgIpc) is 2.44. The first kappa shape index (κ1) is 15.0. The fourth-order valence-corrected chi connectivity index (χ4v) is 1.56. The molecule has 0 spiro atoms. The molecule has 2 nitrogen and oxygen atoms in total. The minimum absolute atomic E-state index is 0.226. The van der Waals surface area contributed by atoms with Gasteiger partial charge in [0.25, 0.3) is 0 Å². The smallest absolute Gasteiger partial charge is 0.128 e. The largest absolute Gasteiger partial charge is 0.508 e. The predicted molar refractivity (Wildman–Crippen MR) is 77.9 cm³/mol. The lowest BCUT2D eigenvalue weighted by atomic mass is 10.2. The normalized spacial score (nSPS) is 9.47. The SMILES string of the molecule is CC.Cc1ccc(NCc2ccccc2F)cc1O. The Kier molecular flexibility index (Phi) is 5.86. The maximum atomic E-state index is 13.3. The molecule has 0 unspecified atom stereocenters. The van der Waals surface area contributed by atoms with Gasteiger partial charge in [0.15, 0.2) is 0 Å². The van der Waals surface area contributed by atoms with E-state index in [-0.39, 0.29) is 11.6 Å². The number of nitrogens with one attached hydrogen (secondary N) is 1. The molecule has 0 atom stereocenters. The van der Waals surface area contributed by atoms with Crippen molar-refractivity contribution < 1.29 is 9.50 Å². The third kappa shape index (κ3) is 4.28. The molecule has 2 N–H and O–H groups in total. The number of phenols is 1. The maximum Gasteiger partial charge on any atom is 0.128 e. The van der Waals surface area contributed by atoms with E-state index in [1.165, 1.54) is 6.07 Å². The van der Waals surface area contributed by atoms with Gasteiger partial charge >= 0.3 is 0 Å². The van der Waals surface area contributed by atoms with Gasteiger partial charge in [-0.2, -0.15) is 0 Å². The Morgan fingerprint density at radius 3 is 2.42 bits per heavy atom. The Morgan fingerprint density at radius 2 is 1.79 bits per heavy atom. The summed E-state index contributed by atoms with van der Waals surface area (Å²) in [6.07, 6.45) is 0. The number of halogens is 1. The van der Waals surface area contributed by atoms with Gasteiger partial charge in [0.05, 0.1) is 0 Å². The van der Waals surface area contributed by atoms with E-state index < -0.39 is 0 Å². The molecule has 0 heterocycles. The van der Waals surface area contributed by atoms with Crippen LogP contribution in [0.15, 0.2) is 42.5 Å². The van der Waals surface area contributed by atoms with E-state index in [9.17, 15) is 9.50 Å². The van der Waals surface area contributed by atoms with Gasteiger partial charge < -0.3 is 10.4 Å². The molecule has 2 rings (SSSR count). The van der Waals surface area contributed by atoms with Crippen molar-refractivity contribution in [2.45, 2.75) is 27.3 Å². The molecule has 2 aromatic rings. The van der Waals surface area contributed by atoms with Crippen molar-refractivity contribution in [3.8, 4) is 5.75 Å². The van der Waals surface area contributed by atoms with Crippen molar-refractivity contribution in [1.82, 2.24) is 0 Å². The fourth-order valence-electron chi connectivity index (χ4n) is 1.56. The van der Waals surface area contributed by atoms with Crippen LogP contribution in [0.25, 0.3) is 0 Å². The van der Waals surface area contributed by atoms with Crippen LogP contribution >= 0.6 is 0 Å². The quantitative estimate of drug-likeness (QED) is 0.854. The first-order valence-electron chi connectivity index (χ1n) is 6.44. The van der Waals surface area contributed by atoms with Crippen LogP contribution in [0.5, 0.6) is 5.75 Å². The highest BCUT2D eigenvalue weighted by molar-refractivity contribution is 5.51. The van der Waals surface area contributed by atoms with E-state index in [1.807, 2.05) is 32.9 Å². The topological polar surface area (TPSA) is 32.3 Å². The highest BCUT2D eigenvalue weighted by atomic mass is 19.1. The summed E-state index contributed by atoms with van der Waals surface area (Å²) in [5.74, 6) is 0.0138. The zero-order valence-electron chi connectivity index (χ0n) is 11.6. The number of rotatable bonds is 3. The summed E-state index contributed by atoms with van der Waals surface area (Å²) < 4.78 is 13.3. The first-order chi connectivity index (χ1) is 9.16. The van der Waals surface area contributed by atoms with Crippen LogP contribution in [0.4, 0.5) is 10.1 Å². The standard InChI is InChI=1S/C14H14FNO.C2H6/c1-10-6-7-12(8-14(10)17)16-9-11-4-2-3-5-13(11)15;1-2/h2-8,16-17H,9H2,1H3;1-2H3. The Balaban J connectivity index is 0.000000861. The van der Waals surface area contributed by atoms with Crippen molar-refractivity contribution in [2.75, 3.05) is 5.32 Å². The van der Waals surface area contributed by atoms with Crippen LogP contribution in [-0.4, -0.2) is 5.11 Å². The number of anilines is 1. The molecule has 0 radical (unpaired) electrons. The highest BCUT2D eigenvalue weighted by Gasteiger charge is 2.01. The molecule has 0 fully saturated rings. The lowest BCUT2D eigenvalue weighted by Crippen LogP contribution is -2.01. The molecule has 19 heavy (non-hydrogen) atoms. The van der Waals surface area contributed by atoms with Gasteiger partial charge in [-0.3, -0.25) is 0 Å². The second-order valence-electron chi connectivity index (χ2n) is 3.95. The van der Waals surface area contributed by atoms with E-state index in [0.29, 0.717) is 12.1 Å². The molecular formula is C16H20FNO. The zero-order valence-corrected chi connectivity index (χ0v) is 11.6. The Hall–Kier alpha value is -2.03. The summed E-state index contributed by atoms with van der Waals surface area (Å²) >= 11 is 0. The molecule has 0 aliphatic heterocycles. The predicted octanol–water partition coefficient (Wildman–Crippen LogP) is 4.48. The van der Waals surface area contributed by atoms with Crippen molar-refractivity contribution in [3.05, 3.63) is 59.4 Å². The van der Waals surface area contributed by atoms with Crippen LogP contribution in [0.2, 0.25) is 0 Å². The molecule has 0 saturated heterocycles. The molecule has 0 aliphatic rings. The summed E-state index contributed by atoms with van der Waals surface area (Å²) in [6, 6.07) is 11.9. The molecule has 0 aliphatic carbocycles. The first-order valence-corrected chi connectivity index (χ1v) is 6.44. The van der Waals surface area contributed by atoms with Crippen LogP contribution in [-0.2, 0) is 6.54 Å². The third-order valence-corrected chi connectivity index (χ3v) is 2.65. The van der Waals surface area contributed by atoms with Crippen LogP contribution in [0, 0.1) is 12.7 Å². The summed E-state index contributed by atoms with van der Waals surface area (Å²) in [5, 5.41) is 12.6. The van der Waals surface area contributed by atoms with Gasteiger partial charge in [0.1, 0.15) is 11.6 Å². The summed E-state index contributed by atoms with van der Waals surface area (Å²) in [7, 11) is 0. The zero-order chi connectivity index (χ0) is 14.3. The molecular weight excluding hydrogens is 241 g/mol. The number of hydrogen-bond acceptors (Lipinski definition) is 2. The van der Waals surface area contributed by atoms with Gasteiger partial charge in [-0.15, -0.1) is 0 Å². The van der Waals surface area contributed by atoms with Gasteiger partial charge in [-0.1, -0.05) is 38.1 Å². The minimum atomic E-state index is -0.226. The number of benzene rings is 2. The van der Waals surface area contributed by atoms with Crippen molar-refractivity contribution in [3.63, 3.8) is 0 Å².